The summed E-state index contributed by atoms with van der Waals surface area (Å²) in [6, 6.07) is 18.6. The Morgan fingerprint density at radius 2 is 1.82 bits per heavy atom. The van der Waals surface area contributed by atoms with E-state index in [9.17, 15) is 9.59 Å². The molecule has 0 amide bonds. The van der Waals surface area contributed by atoms with Crippen molar-refractivity contribution in [2.24, 2.45) is 0 Å². The molecule has 0 spiro atoms. The van der Waals surface area contributed by atoms with Crippen molar-refractivity contribution in [1.82, 2.24) is 30.2 Å². The third-order valence-electron chi connectivity index (χ3n) is 4.49. The molecule has 5 aromatic rings. The molecule has 3 aromatic carbocycles. The number of nitrogens with zero attached hydrogens (tertiary/aromatic N) is 4. The summed E-state index contributed by atoms with van der Waals surface area (Å²) < 4.78 is 1.41. The Morgan fingerprint density at radius 1 is 0.964 bits per heavy atom. The zero-order chi connectivity index (χ0) is 18.4. The maximum Gasteiger partial charge on any atom is 1.00 e. The summed E-state index contributed by atoms with van der Waals surface area (Å²) in [6.45, 7) is 0. The summed E-state index contributed by atoms with van der Waals surface area (Å²) in [5, 5.41) is 15.7. The zero-order valence-corrected chi connectivity index (χ0v) is 16.9. The molecular weight excluding hydrogens is 367 g/mol. The number of H-pyrrole nitrogens is 2. The summed E-state index contributed by atoms with van der Waals surface area (Å²) in [5.41, 5.74) is 1.13. The van der Waals surface area contributed by atoms with Crippen molar-refractivity contribution in [3.63, 3.8) is 0 Å². The maximum atomic E-state index is 12.7. The van der Waals surface area contributed by atoms with Crippen LogP contribution in [0.1, 0.15) is 1.43 Å². The van der Waals surface area contributed by atoms with Crippen molar-refractivity contribution in [1.29, 1.82) is 0 Å². The van der Waals surface area contributed by atoms with Gasteiger partial charge in [0.15, 0.2) is 0 Å². The molecule has 132 valence electrons. The van der Waals surface area contributed by atoms with Crippen LogP contribution in [-0.2, 0) is 0 Å². The van der Waals surface area contributed by atoms with E-state index in [-0.39, 0.29) is 31.0 Å². The van der Waals surface area contributed by atoms with Gasteiger partial charge in [-0.3, -0.25) is 14.2 Å². The Labute approximate surface area is 181 Å². The number of tetrazole rings is 1. The van der Waals surface area contributed by atoms with E-state index in [0.29, 0.717) is 28.1 Å². The summed E-state index contributed by atoms with van der Waals surface area (Å²) in [7, 11) is 0. The summed E-state index contributed by atoms with van der Waals surface area (Å²) in [4.78, 5) is 27.8. The molecule has 0 aliphatic rings. The number of aromatic nitrogens is 6. The molecule has 8 nitrogen and oxygen atoms in total. The van der Waals surface area contributed by atoms with Crippen molar-refractivity contribution in [3.05, 3.63) is 81.4 Å². The first kappa shape index (κ1) is 18.3. The van der Waals surface area contributed by atoms with Crippen molar-refractivity contribution in [2.45, 2.75) is 0 Å². The van der Waals surface area contributed by atoms with Crippen LogP contribution in [0.3, 0.4) is 0 Å². The van der Waals surface area contributed by atoms with Gasteiger partial charge < -0.3 is 6.41 Å². The number of benzene rings is 3. The van der Waals surface area contributed by atoms with E-state index < -0.39 is 11.1 Å². The number of nitrogens with one attached hydrogen (secondary N) is 2. The van der Waals surface area contributed by atoms with E-state index in [4.69, 9.17) is 0 Å². The molecule has 9 heteroatoms. The fourth-order valence-electron chi connectivity index (χ4n) is 3.28. The van der Waals surface area contributed by atoms with Crippen LogP contribution in [0.2, 0.25) is 0 Å². The molecule has 2 heterocycles. The second-order valence-electron chi connectivity index (χ2n) is 6.06. The fourth-order valence-corrected chi connectivity index (χ4v) is 3.28. The van der Waals surface area contributed by atoms with Crippen LogP contribution in [0, 0.1) is 0 Å². The first-order valence-electron chi connectivity index (χ1n) is 8.23. The number of aromatic amines is 2. The van der Waals surface area contributed by atoms with Gasteiger partial charge in [-0.15, -0.1) is 10.2 Å². The maximum absolute atomic E-state index is 12.7. The normalized spacial score (nSPS) is 10.9. The number of hydrogen-bond acceptors (Lipinski definition) is 5. The Morgan fingerprint density at radius 3 is 2.64 bits per heavy atom. The molecule has 0 fully saturated rings. The summed E-state index contributed by atoms with van der Waals surface area (Å²) >= 11 is 0. The molecule has 0 atom stereocenters. The topological polar surface area (TPSA) is 109 Å². The molecule has 0 saturated heterocycles. The van der Waals surface area contributed by atoms with Crippen molar-refractivity contribution in [3.8, 4) is 17.1 Å². The van der Waals surface area contributed by atoms with Gasteiger partial charge in [0.1, 0.15) is 0 Å². The summed E-state index contributed by atoms with van der Waals surface area (Å²) in [5.74, 6) is 0.407. The first-order chi connectivity index (χ1) is 13.2. The third kappa shape index (κ3) is 2.88. The van der Waals surface area contributed by atoms with Crippen LogP contribution in [0.4, 0.5) is 0 Å². The quantitative estimate of drug-likeness (QED) is 0.235. The molecule has 2 N–H and O–H groups in total. The van der Waals surface area contributed by atoms with Gasteiger partial charge in [-0.1, -0.05) is 42.5 Å². The molecular formula is C19H13N6NaO2. The monoisotopic (exact) mass is 380 g/mol. The number of fused-ring (bicyclic) bond motifs is 3. The van der Waals surface area contributed by atoms with Gasteiger partial charge in [0.05, 0.1) is 16.7 Å². The second-order valence-corrected chi connectivity index (χ2v) is 6.06. The van der Waals surface area contributed by atoms with E-state index in [0.717, 1.165) is 10.8 Å². The van der Waals surface area contributed by atoms with Crippen molar-refractivity contribution < 1.29 is 31.0 Å². The Kier molecular flexibility index (Phi) is 4.68. The Balaban J connectivity index is 0.00000120. The molecule has 28 heavy (non-hydrogen) atoms. The number of rotatable bonds is 2. The minimum atomic E-state index is -0.677. The van der Waals surface area contributed by atoms with Crippen LogP contribution in [0.5, 0.6) is 0 Å². The fraction of sp³-hybridized carbons (Fsp3) is 0. The minimum absolute atomic E-state index is 0. The smallest absolute Gasteiger partial charge is 1.00 e. The Bertz CT molecular complexity index is 1430. The molecule has 0 unspecified atom stereocenters. The molecule has 0 saturated carbocycles. The zero-order valence-electron chi connectivity index (χ0n) is 15.9. The minimum Gasteiger partial charge on any atom is -1.00 e. The second kappa shape index (κ2) is 7.16. The van der Waals surface area contributed by atoms with E-state index in [1.165, 1.54) is 4.57 Å². The first-order valence-corrected chi connectivity index (χ1v) is 8.23. The molecule has 0 aliphatic heterocycles. The van der Waals surface area contributed by atoms with Gasteiger partial charge in [-0.2, -0.15) is 5.21 Å². The largest absolute Gasteiger partial charge is 1.00 e. The molecule has 2 aromatic heterocycles. The summed E-state index contributed by atoms with van der Waals surface area (Å²) in [6.07, 6.45) is 0. The SMILES string of the molecule is O=c1[nH]c2c3ccccc3ccc2n(-c2cccc(-c3nn[nH]n3)c2)c1=O.[H-].[Na+]. The van der Waals surface area contributed by atoms with Gasteiger partial charge in [-0.25, -0.2) is 0 Å². The molecule has 0 radical (unpaired) electrons. The van der Waals surface area contributed by atoms with E-state index in [2.05, 4.69) is 25.6 Å². The van der Waals surface area contributed by atoms with Crippen LogP contribution < -0.4 is 40.7 Å². The van der Waals surface area contributed by atoms with Crippen molar-refractivity contribution in [2.75, 3.05) is 0 Å². The van der Waals surface area contributed by atoms with Gasteiger partial charge in [0, 0.05) is 10.9 Å². The standard InChI is InChI=1S/C19H12N6O2.Na.H/c26-18-19(27)25(13-6-3-5-12(10-13)17-21-23-24-22-17)15-9-8-11-4-1-2-7-14(11)16(15)20-18;;/h1-10H,(H,20,26)(H,21,22,23,24);;/q;+1;-1. The van der Waals surface area contributed by atoms with E-state index in [1.54, 1.807) is 18.2 Å². The molecule has 0 bridgehead atoms. The van der Waals surface area contributed by atoms with Crippen LogP contribution in [0.25, 0.3) is 38.9 Å². The van der Waals surface area contributed by atoms with Crippen LogP contribution in [0.15, 0.2) is 70.3 Å². The average Bonchev–Trinajstić information content (AvgIpc) is 3.24. The van der Waals surface area contributed by atoms with Gasteiger partial charge in [-0.05, 0) is 28.8 Å². The van der Waals surface area contributed by atoms with E-state index >= 15 is 0 Å². The number of hydrogen-bond donors (Lipinski definition) is 2. The molecule has 0 aliphatic carbocycles. The average molecular weight is 380 g/mol. The van der Waals surface area contributed by atoms with Gasteiger partial charge in [0.2, 0.25) is 5.82 Å². The third-order valence-corrected chi connectivity index (χ3v) is 4.49. The van der Waals surface area contributed by atoms with Crippen molar-refractivity contribution >= 4 is 21.8 Å². The molecule has 5 rings (SSSR count). The van der Waals surface area contributed by atoms with Crippen LogP contribution in [-0.4, -0.2) is 30.2 Å². The predicted octanol–water partition coefficient (Wildman–Crippen LogP) is -0.871. The van der Waals surface area contributed by atoms with Crippen LogP contribution >= 0.6 is 0 Å². The van der Waals surface area contributed by atoms with Gasteiger partial charge >= 0.3 is 40.7 Å². The Hall–Kier alpha value is -3.07. The van der Waals surface area contributed by atoms with E-state index in [1.807, 2.05) is 42.5 Å². The van der Waals surface area contributed by atoms with Gasteiger partial charge in [0.25, 0.3) is 0 Å². The predicted molar refractivity (Wildman–Crippen MR) is 102 cm³/mol.